The largest absolute Gasteiger partial charge is 0.347 e. The Morgan fingerprint density at radius 3 is 2.40 bits per heavy atom. The number of amides is 2. The van der Waals surface area contributed by atoms with E-state index in [4.69, 9.17) is 0 Å². The lowest BCUT2D eigenvalue weighted by atomic mass is 10.1. The number of hydrogen-bond acceptors (Lipinski definition) is 4. The van der Waals surface area contributed by atoms with Crippen LogP contribution in [0.2, 0.25) is 0 Å². The van der Waals surface area contributed by atoms with Gasteiger partial charge in [0, 0.05) is 36.3 Å². The van der Waals surface area contributed by atoms with Crippen LogP contribution in [-0.4, -0.2) is 29.3 Å². The predicted octanol–water partition coefficient (Wildman–Crippen LogP) is 2.27. The molecule has 1 atom stereocenters. The second-order valence-electron chi connectivity index (χ2n) is 5.66. The van der Waals surface area contributed by atoms with Gasteiger partial charge in [0.25, 0.3) is 11.6 Å². The Labute approximate surface area is 142 Å². The van der Waals surface area contributed by atoms with Crippen molar-refractivity contribution in [3.8, 4) is 0 Å². The summed E-state index contributed by atoms with van der Waals surface area (Å²) in [5.41, 5.74) is 0.742. The van der Waals surface area contributed by atoms with E-state index in [2.05, 4.69) is 5.32 Å². The molecule has 1 saturated heterocycles. The summed E-state index contributed by atoms with van der Waals surface area (Å²) in [4.78, 5) is 35.9. The average Bonchev–Trinajstić information content (AvgIpc) is 2.96. The lowest BCUT2D eigenvalue weighted by Crippen LogP contribution is -2.37. The number of benzene rings is 2. The first-order valence-electron chi connectivity index (χ1n) is 7.55. The fourth-order valence-electron chi connectivity index (χ4n) is 2.68. The number of nitro benzene ring substituents is 1. The average molecular weight is 343 g/mol. The molecule has 0 radical (unpaired) electrons. The van der Waals surface area contributed by atoms with E-state index in [1.54, 1.807) is 0 Å². The second-order valence-corrected chi connectivity index (χ2v) is 5.66. The predicted molar refractivity (Wildman–Crippen MR) is 87.7 cm³/mol. The van der Waals surface area contributed by atoms with Crippen LogP contribution in [0.15, 0.2) is 48.5 Å². The fraction of sp³-hybridized carbons (Fsp3) is 0.176. The van der Waals surface area contributed by atoms with Gasteiger partial charge in [-0.05, 0) is 36.4 Å². The number of carbonyl (C=O) groups is 2. The van der Waals surface area contributed by atoms with Crippen LogP contribution in [0, 0.1) is 15.9 Å². The van der Waals surface area contributed by atoms with E-state index in [0.717, 1.165) is 0 Å². The Morgan fingerprint density at radius 1 is 1.16 bits per heavy atom. The van der Waals surface area contributed by atoms with E-state index in [1.807, 2.05) is 0 Å². The third kappa shape index (κ3) is 3.63. The molecule has 2 aromatic rings. The van der Waals surface area contributed by atoms with Crippen molar-refractivity contribution < 1.29 is 18.9 Å². The number of nitrogens with one attached hydrogen (secondary N) is 1. The third-order valence-electron chi connectivity index (χ3n) is 3.94. The van der Waals surface area contributed by atoms with Gasteiger partial charge in [-0.15, -0.1) is 0 Å². The summed E-state index contributed by atoms with van der Waals surface area (Å²) < 4.78 is 13.0. The normalized spacial score (nSPS) is 16.8. The minimum atomic E-state index is -0.544. The first-order valence-corrected chi connectivity index (χ1v) is 7.55. The van der Waals surface area contributed by atoms with E-state index in [1.165, 1.54) is 53.4 Å². The first kappa shape index (κ1) is 16.6. The Hall–Kier alpha value is -3.29. The molecule has 1 N–H and O–H groups in total. The maximum Gasteiger partial charge on any atom is 0.269 e. The van der Waals surface area contributed by atoms with E-state index in [0.29, 0.717) is 5.69 Å². The fourth-order valence-corrected chi connectivity index (χ4v) is 2.68. The van der Waals surface area contributed by atoms with Crippen molar-refractivity contribution >= 4 is 23.2 Å². The standard InChI is InChI=1S/C17H14FN3O4/c18-12-3-7-14(8-4-12)20-10-13(9-16(20)22)19-17(23)11-1-5-15(6-2-11)21(24)25/h1-8,13H,9-10H2,(H,19,23). The maximum atomic E-state index is 13.0. The highest BCUT2D eigenvalue weighted by Gasteiger charge is 2.31. The Balaban J connectivity index is 1.65. The van der Waals surface area contributed by atoms with Crippen LogP contribution >= 0.6 is 0 Å². The first-order chi connectivity index (χ1) is 11.9. The number of nitrogens with zero attached hydrogens (tertiary/aromatic N) is 2. The van der Waals surface area contributed by atoms with Crippen LogP contribution in [0.3, 0.4) is 0 Å². The van der Waals surface area contributed by atoms with Gasteiger partial charge in [0.1, 0.15) is 5.82 Å². The number of rotatable bonds is 4. The zero-order chi connectivity index (χ0) is 18.0. The quantitative estimate of drug-likeness (QED) is 0.681. The van der Waals surface area contributed by atoms with Crippen LogP contribution in [-0.2, 0) is 4.79 Å². The van der Waals surface area contributed by atoms with Gasteiger partial charge in [-0.3, -0.25) is 19.7 Å². The van der Waals surface area contributed by atoms with Crippen molar-refractivity contribution in [3.05, 3.63) is 70.0 Å². The van der Waals surface area contributed by atoms with E-state index in [-0.39, 0.29) is 36.2 Å². The number of halogens is 1. The van der Waals surface area contributed by atoms with Gasteiger partial charge in [-0.1, -0.05) is 0 Å². The summed E-state index contributed by atoms with van der Waals surface area (Å²) in [7, 11) is 0. The minimum Gasteiger partial charge on any atom is -0.347 e. The number of carbonyl (C=O) groups excluding carboxylic acids is 2. The summed E-state index contributed by atoms with van der Waals surface area (Å²) in [5, 5.41) is 13.4. The SMILES string of the molecule is O=C(NC1CC(=O)N(c2ccc(F)cc2)C1)c1ccc([N+](=O)[O-])cc1. The highest BCUT2D eigenvalue weighted by molar-refractivity contribution is 5.99. The molecular formula is C17H14FN3O4. The van der Waals surface area contributed by atoms with Gasteiger partial charge >= 0.3 is 0 Å². The lowest BCUT2D eigenvalue weighted by Gasteiger charge is -2.17. The molecule has 0 bridgehead atoms. The summed E-state index contributed by atoms with van der Waals surface area (Å²) in [5.74, 6) is -0.965. The Bertz CT molecular complexity index is 821. The number of anilines is 1. The summed E-state index contributed by atoms with van der Waals surface area (Å²) >= 11 is 0. The van der Waals surface area contributed by atoms with Gasteiger partial charge in [0.15, 0.2) is 0 Å². The molecule has 1 unspecified atom stereocenters. The van der Waals surface area contributed by atoms with Crippen molar-refractivity contribution in [2.24, 2.45) is 0 Å². The van der Waals surface area contributed by atoms with Crippen LogP contribution in [0.25, 0.3) is 0 Å². The van der Waals surface area contributed by atoms with Crippen molar-refractivity contribution in [1.29, 1.82) is 0 Å². The zero-order valence-corrected chi connectivity index (χ0v) is 13.0. The van der Waals surface area contributed by atoms with Gasteiger partial charge in [0.2, 0.25) is 5.91 Å². The highest BCUT2D eigenvalue weighted by Crippen LogP contribution is 2.22. The molecule has 1 heterocycles. The number of nitro groups is 1. The van der Waals surface area contributed by atoms with E-state index in [9.17, 15) is 24.1 Å². The Kier molecular flexibility index (Phi) is 4.42. The van der Waals surface area contributed by atoms with E-state index < -0.39 is 16.6 Å². The molecular weight excluding hydrogens is 329 g/mol. The van der Waals surface area contributed by atoms with Crippen molar-refractivity contribution in [3.63, 3.8) is 0 Å². The van der Waals surface area contributed by atoms with Crippen molar-refractivity contribution in [2.45, 2.75) is 12.5 Å². The Morgan fingerprint density at radius 2 is 1.80 bits per heavy atom. The topological polar surface area (TPSA) is 92.6 Å². The molecule has 3 rings (SSSR count). The second kappa shape index (κ2) is 6.68. The molecule has 2 amide bonds. The maximum absolute atomic E-state index is 13.0. The van der Waals surface area contributed by atoms with Crippen molar-refractivity contribution in [2.75, 3.05) is 11.4 Å². The molecule has 0 spiro atoms. The molecule has 0 aromatic heterocycles. The summed E-state index contributed by atoms with van der Waals surface area (Å²) in [6.45, 7) is 0.281. The van der Waals surface area contributed by atoms with Crippen LogP contribution in [0.4, 0.5) is 15.8 Å². The van der Waals surface area contributed by atoms with Gasteiger partial charge in [-0.25, -0.2) is 4.39 Å². The number of hydrogen-bond donors (Lipinski definition) is 1. The molecule has 7 nitrogen and oxygen atoms in total. The van der Waals surface area contributed by atoms with Crippen molar-refractivity contribution in [1.82, 2.24) is 5.32 Å². The van der Waals surface area contributed by atoms with E-state index >= 15 is 0 Å². The molecule has 1 aliphatic heterocycles. The van der Waals surface area contributed by atoms with Gasteiger partial charge in [0.05, 0.1) is 11.0 Å². The molecule has 1 aliphatic rings. The van der Waals surface area contributed by atoms with Gasteiger partial charge < -0.3 is 10.2 Å². The lowest BCUT2D eigenvalue weighted by molar-refractivity contribution is -0.384. The molecule has 0 saturated carbocycles. The molecule has 1 fully saturated rings. The monoisotopic (exact) mass is 343 g/mol. The number of non-ortho nitro benzene ring substituents is 1. The highest BCUT2D eigenvalue weighted by atomic mass is 19.1. The molecule has 2 aromatic carbocycles. The molecule has 8 heteroatoms. The smallest absolute Gasteiger partial charge is 0.269 e. The van der Waals surface area contributed by atoms with Crippen LogP contribution in [0.5, 0.6) is 0 Å². The van der Waals surface area contributed by atoms with Gasteiger partial charge in [-0.2, -0.15) is 0 Å². The summed E-state index contributed by atoms with van der Waals surface area (Å²) in [6.07, 6.45) is 0.135. The molecule has 25 heavy (non-hydrogen) atoms. The zero-order valence-electron chi connectivity index (χ0n) is 13.0. The van der Waals surface area contributed by atoms with Crippen LogP contribution < -0.4 is 10.2 Å². The molecule has 128 valence electrons. The minimum absolute atomic E-state index is 0.102. The van der Waals surface area contributed by atoms with Crippen LogP contribution in [0.1, 0.15) is 16.8 Å². The molecule has 0 aliphatic carbocycles. The summed E-state index contributed by atoms with van der Waals surface area (Å²) in [6, 6.07) is 10.4. The third-order valence-corrected chi connectivity index (χ3v) is 3.94.